The highest BCUT2D eigenvalue weighted by molar-refractivity contribution is 5.70. The van der Waals surface area contributed by atoms with Crippen molar-refractivity contribution in [3.63, 3.8) is 0 Å². The molecule has 24 heavy (non-hydrogen) atoms. The average Bonchev–Trinajstić information content (AvgIpc) is 2.64. The molecule has 2 N–H and O–H groups in total. The first-order valence-electron chi connectivity index (χ1n) is 8.61. The summed E-state index contributed by atoms with van der Waals surface area (Å²) in [4.78, 5) is 0. The molecule has 2 aromatic rings. The molecule has 2 rings (SSSR count). The van der Waals surface area contributed by atoms with E-state index in [2.05, 4.69) is 53.9 Å². The Bertz CT molecular complexity index is 603. The molecule has 128 valence electrons. The number of unbranched alkanes of at least 4 members (excludes halogenated alkanes) is 3. The van der Waals surface area contributed by atoms with Crippen molar-refractivity contribution in [2.75, 3.05) is 25.6 Å². The van der Waals surface area contributed by atoms with Crippen LogP contribution in [0.4, 0.5) is 5.69 Å². The smallest absolute Gasteiger partial charge is 0.119 e. The van der Waals surface area contributed by atoms with Crippen LogP contribution in [-0.2, 0) is 0 Å². The molecule has 0 amide bonds. The van der Waals surface area contributed by atoms with Gasteiger partial charge in [-0.3, -0.25) is 0 Å². The van der Waals surface area contributed by atoms with E-state index in [1.165, 1.54) is 5.56 Å². The zero-order chi connectivity index (χ0) is 17.0. The molecule has 0 aliphatic rings. The molecule has 3 nitrogen and oxygen atoms in total. The standard InChI is InChI=1S/C21H27NO2/c1-22-20-12-8-18(9-13-20)6-7-19-10-14-21(15-11-19)24-17-5-3-2-4-16-23/h6-15,22-23H,2-5,16-17H2,1H3/b7-6+. The van der Waals surface area contributed by atoms with E-state index in [-0.39, 0.29) is 6.61 Å². The van der Waals surface area contributed by atoms with E-state index in [1.54, 1.807) is 0 Å². The van der Waals surface area contributed by atoms with Crippen LogP contribution in [0.2, 0.25) is 0 Å². The van der Waals surface area contributed by atoms with Crippen molar-refractivity contribution in [2.24, 2.45) is 0 Å². The van der Waals surface area contributed by atoms with Gasteiger partial charge in [0.2, 0.25) is 0 Å². The Morgan fingerprint density at radius 1 is 0.833 bits per heavy atom. The monoisotopic (exact) mass is 325 g/mol. The fraction of sp³-hybridized carbons (Fsp3) is 0.333. The number of rotatable bonds is 10. The summed E-state index contributed by atoms with van der Waals surface area (Å²) in [6.45, 7) is 1.02. The van der Waals surface area contributed by atoms with Gasteiger partial charge in [0.15, 0.2) is 0 Å². The van der Waals surface area contributed by atoms with Gasteiger partial charge in [-0.25, -0.2) is 0 Å². The van der Waals surface area contributed by atoms with Gasteiger partial charge in [-0.05, 0) is 54.7 Å². The van der Waals surface area contributed by atoms with Crippen LogP contribution in [0.5, 0.6) is 5.75 Å². The molecular formula is C21H27NO2. The molecule has 0 aromatic heterocycles. The van der Waals surface area contributed by atoms with Crippen LogP contribution in [0.25, 0.3) is 12.2 Å². The van der Waals surface area contributed by atoms with E-state index in [9.17, 15) is 0 Å². The van der Waals surface area contributed by atoms with Crippen LogP contribution in [0.15, 0.2) is 48.5 Å². The number of benzene rings is 2. The lowest BCUT2D eigenvalue weighted by Gasteiger charge is -2.06. The van der Waals surface area contributed by atoms with E-state index in [1.807, 2.05) is 19.2 Å². The summed E-state index contributed by atoms with van der Waals surface area (Å²) in [5, 5.41) is 11.8. The second-order valence-electron chi connectivity index (χ2n) is 5.76. The Hall–Kier alpha value is -2.26. The van der Waals surface area contributed by atoms with Crippen LogP contribution in [0, 0.1) is 0 Å². The Balaban J connectivity index is 1.77. The van der Waals surface area contributed by atoms with Gasteiger partial charge in [0.1, 0.15) is 5.75 Å². The number of nitrogens with one attached hydrogen (secondary N) is 1. The summed E-state index contributed by atoms with van der Waals surface area (Å²) in [6.07, 6.45) is 8.30. The van der Waals surface area contributed by atoms with Crippen molar-refractivity contribution >= 4 is 17.8 Å². The van der Waals surface area contributed by atoms with Crippen LogP contribution in [0.3, 0.4) is 0 Å². The lowest BCUT2D eigenvalue weighted by atomic mass is 10.1. The van der Waals surface area contributed by atoms with Gasteiger partial charge in [0.05, 0.1) is 6.61 Å². The molecule has 0 saturated carbocycles. The van der Waals surface area contributed by atoms with E-state index in [0.29, 0.717) is 0 Å². The summed E-state index contributed by atoms with van der Waals surface area (Å²) >= 11 is 0. The van der Waals surface area contributed by atoms with Crippen LogP contribution < -0.4 is 10.1 Å². The SMILES string of the molecule is CNc1ccc(/C=C/c2ccc(OCCCCCCO)cc2)cc1. The Labute approximate surface area is 145 Å². The maximum absolute atomic E-state index is 8.73. The predicted octanol–water partition coefficient (Wildman–Crippen LogP) is 4.83. The third kappa shape index (κ3) is 6.47. The number of hydrogen-bond acceptors (Lipinski definition) is 3. The normalized spacial score (nSPS) is 10.9. The van der Waals surface area contributed by atoms with Gasteiger partial charge in [-0.1, -0.05) is 42.8 Å². The second kappa shape index (κ2) is 10.5. The number of aliphatic hydroxyl groups is 1. The maximum Gasteiger partial charge on any atom is 0.119 e. The number of aliphatic hydroxyl groups excluding tert-OH is 1. The minimum Gasteiger partial charge on any atom is -0.494 e. The van der Waals surface area contributed by atoms with E-state index in [0.717, 1.165) is 49.3 Å². The van der Waals surface area contributed by atoms with Gasteiger partial charge >= 0.3 is 0 Å². The highest BCUT2D eigenvalue weighted by Crippen LogP contribution is 2.16. The van der Waals surface area contributed by atoms with Crippen molar-refractivity contribution < 1.29 is 9.84 Å². The fourth-order valence-corrected chi connectivity index (χ4v) is 2.39. The zero-order valence-electron chi connectivity index (χ0n) is 14.4. The minimum atomic E-state index is 0.287. The minimum absolute atomic E-state index is 0.287. The highest BCUT2D eigenvalue weighted by atomic mass is 16.5. The molecule has 0 atom stereocenters. The molecule has 3 heteroatoms. The maximum atomic E-state index is 8.73. The van der Waals surface area contributed by atoms with Crippen molar-refractivity contribution in [2.45, 2.75) is 25.7 Å². The fourth-order valence-electron chi connectivity index (χ4n) is 2.39. The van der Waals surface area contributed by atoms with Gasteiger partial charge < -0.3 is 15.2 Å². The van der Waals surface area contributed by atoms with E-state index < -0.39 is 0 Å². The number of ether oxygens (including phenoxy) is 1. The average molecular weight is 325 g/mol. The topological polar surface area (TPSA) is 41.5 Å². The van der Waals surface area contributed by atoms with E-state index >= 15 is 0 Å². The molecule has 0 heterocycles. The first kappa shape index (κ1) is 18.1. The molecule has 2 aromatic carbocycles. The Kier molecular flexibility index (Phi) is 7.91. The van der Waals surface area contributed by atoms with Crippen molar-refractivity contribution in [1.82, 2.24) is 0 Å². The number of anilines is 1. The highest BCUT2D eigenvalue weighted by Gasteiger charge is 1.95. The third-order valence-corrected chi connectivity index (χ3v) is 3.87. The number of hydrogen-bond donors (Lipinski definition) is 2. The molecule has 0 fully saturated rings. The summed E-state index contributed by atoms with van der Waals surface area (Å²) in [7, 11) is 1.92. The van der Waals surface area contributed by atoms with Crippen molar-refractivity contribution in [3.05, 3.63) is 59.7 Å². The third-order valence-electron chi connectivity index (χ3n) is 3.87. The Morgan fingerprint density at radius 3 is 2.00 bits per heavy atom. The molecule has 0 spiro atoms. The van der Waals surface area contributed by atoms with Gasteiger partial charge in [-0.15, -0.1) is 0 Å². The largest absolute Gasteiger partial charge is 0.494 e. The molecular weight excluding hydrogens is 298 g/mol. The van der Waals surface area contributed by atoms with Gasteiger partial charge in [0, 0.05) is 19.3 Å². The molecule has 0 radical (unpaired) electrons. The predicted molar refractivity (Wildman–Crippen MR) is 102 cm³/mol. The second-order valence-corrected chi connectivity index (χ2v) is 5.76. The summed E-state index contributed by atoms with van der Waals surface area (Å²) in [5.74, 6) is 0.910. The first-order chi connectivity index (χ1) is 11.8. The molecule has 0 unspecified atom stereocenters. The quantitative estimate of drug-likeness (QED) is 0.485. The van der Waals surface area contributed by atoms with Crippen LogP contribution in [0.1, 0.15) is 36.8 Å². The lowest BCUT2D eigenvalue weighted by Crippen LogP contribution is -1.97. The van der Waals surface area contributed by atoms with E-state index in [4.69, 9.17) is 9.84 Å². The van der Waals surface area contributed by atoms with Crippen LogP contribution >= 0.6 is 0 Å². The summed E-state index contributed by atoms with van der Waals surface area (Å²) in [5.41, 5.74) is 3.45. The molecule has 0 aliphatic carbocycles. The summed E-state index contributed by atoms with van der Waals surface area (Å²) in [6, 6.07) is 16.5. The van der Waals surface area contributed by atoms with Crippen molar-refractivity contribution in [1.29, 1.82) is 0 Å². The molecule has 0 bridgehead atoms. The summed E-state index contributed by atoms with van der Waals surface area (Å²) < 4.78 is 5.74. The van der Waals surface area contributed by atoms with Gasteiger partial charge in [0.25, 0.3) is 0 Å². The van der Waals surface area contributed by atoms with Gasteiger partial charge in [-0.2, -0.15) is 0 Å². The first-order valence-corrected chi connectivity index (χ1v) is 8.61. The molecule has 0 saturated heterocycles. The molecule has 0 aliphatic heterocycles. The lowest BCUT2D eigenvalue weighted by molar-refractivity contribution is 0.273. The van der Waals surface area contributed by atoms with Crippen LogP contribution in [-0.4, -0.2) is 25.4 Å². The zero-order valence-corrected chi connectivity index (χ0v) is 14.4. The Morgan fingerprint density at radius 2 is 1.42 bits per heavy atom. The van der Waals surface area contributed by atoms with Crippen molar-refractivity contribution in [3.8, 4) is 5.75 Å².